The summed E-state index contributed by atoms with van der Waals surface area (Å²) in [6.07, 6.45) is 13.0. The van der Waals surface area contributed by atoms with E-state index in [0.29, 0.717) is 11.3 Å². The molecule has 2 saturated heterocycles. The molecule has 0 aromatic heterocycles. The minimum atomic E-state index is 0.124. The zero-order valence-corrected chi connectivity index (χ0v) is 16.4. The van der Waals surface area contributed by atoms with E-state index in [4.69, 9.17) is 4.74 Å². The standard InChI is InChI=1S/C21H36N2O2/c1-20(2,3)18-17(9-7-14-25-18)15-22-19(24)23-13-8-12-21(16-23)10-5-4-6-11-21/h4-5,17-18H,6-16H2,1-3H3,(H,22,24)/t17-,18+,21+/m0/s1. The summed E-state index contributed by atoms with van der Waals surface area (Å²) in [6, 6.07) is 0.131. The van der Waals surface area contributed by atoms with Crippen molar-refractivity contribution in [2.75, 3.05) is 26.2 Å². The number of nitrogens with zero attached hydrogens (tertiary/aromatic N) is 1. The molecule has 2 aliphatic heterocycles. The molecule has 4 heteroatoms. The first-order chi connectivity index (χ1) is 11.9. The van der Waals surface area contributed by atoms with Gasteiger partial charge in [-0.2, -0.15) is 0 Å². The number of ether oxygens (including phenoxy) is 1. The third kappa shape index (κ3) is 4.58. The van der Waals surface area contributed by atoms with Crippen molar-refractivity contribution >= 4 is 6.03 Å². The van der Waals surface area contributed by atoms with Crippen LogP contribution in [-0.4, -0.2) is 43.3 Å². The lowest BCUT2D eigenvalue weighted by Gasteiger charge is -2.44. The molecule has 1 aliphatic carbocycles. The quantitative estimate of drug-likeness (QED) is 0.753. The van der Waals surface area contributed by atoms with Gasteiger partial charge in [0.2, 0.25) is 0 Å². The molecule has 142 valence electrons. The Labute approximate surface area is 153 Å². The van der Waals surface area contributed by atoms with Gasteiger partial charge in [-0.15, -0.1) is 0 Å². The van der Waals surface area contributed by atoms with Gasteiger partial charge in [0.1, 0.15) is 0 Å². The highest BCUT2D eigenvalue weighted by atomic mass is 16.5. The largest absolute Gasteiger partial charge is 0.377 e. The van der Waals surface area contributed by atoms with Crippen molar-refractivity contribution in [3.8, 4) is 0 Å². The monoisotopic (exact) mass is 348 g/mol. The zero-order chi connectivity index (χ0) is 17.9. The van der Waals surface area contributed by atoms with Gasteiger partial charge in [-0.05, 0) is 55.8 Å². The average Bonchev–Trinajstić information content (AvgIpc) is 2.60. The van der Waals surface area contributed by atoms with Gasteiger partial charge in [-0.1, -0.05) is 32.9 Å². The van der Waals surface area contributed by atoms with Crippen LogP contribution in [0.5, 0.6) is 0 Å². The lowest BCUT2D eigenvalue weighted by atomic mass is 9.71. The fourth-order valence-electron chi connectivity index (χ4n) is 5.03. The van der Waals surface area contributed by atoms with Crippen LogP contribution in [0.2, 0.25) is 0 Å². The number of carbonyl (C=O) groups excluding carboxylic acids is 1. The summed E-state index contributed by atoms with van der Waals surface area (Å²) in [5, 5.41) is 3.24. The molecule has 0 aromatic carbocycles. The number of hydrogen-bond donors (Lipinski definition) is 1. The van der Waals surface area contributed by atoms with Crippen molar-refractivity contribution in [3.05, 3.63) is 12.2 Å². The highest BCUT2D eigenvalue weighted by molar-refractivity contribution is 5.74. The second-order valence-corrected chi connectivity index (χ2v) is 9.49. The molecule has 2 amide bonds. The highest BCUT2D eigenvalue weighted by Crippen LogP contribution is 2.40. The Morgan fingerprint density at radius 1 is 1.28 bits per heavy atom. The van der Waals surface area contributed by atoms with Crippen LogP contribution in [0.4, 0.5) is 4.79 Å². The number of allylic oxidation sites excluding steroid dienone is 2. The molecule has 0 aromatic rings. The molecule has 2 fully saturated rings. The lowest BCUT2D eigenvalue weighted by Crippen LogP contribution is -2.52. The van der Waals surface area contributed by atoms with E-state index in [1.165, 1.54) is 19.3 Å². The van der Waals surface area contributed by atoms with Crippen LogP contribution in [0.3, 0.4) is 0 Å². The van der Waals surface area contributed by atoms with Crippen LogP contribution in [0.25, 0.3) is 0 Å². The van der Waals surface area contributed by atoms with Gasteiger partial charge in [0.05, 0.1) is 6.10 Å². The van der Waals surface area contributed by atoms with Crippen molar-refractivity contribution in [1.82, 2.24) is 10.2 Å². The number of nitrogens with one attached hydrogen (secondary N) is 1. The zero-order valence-electron chi connectivity index (χ0n) is 16.4. The maximum absolute atomic E-state index is 12.8. The first-order valence-electron chi connectivity index (χ1n) is 10.2. The second-order valence-electron chi connectivity index (χ2n) is 9.49. The molecular weight excluding hydrogens is 312 g/mol. The average molecular weight is 349 g/mol. The number of likely N-dealkylation sites (tertiary alicyclic amines) is 1. The molecule has 0 radical (unpaired) electrons. The van der Waals surface area contributed by atoms with Gasteiger partial charge in [0.15, 0.2) is 0 Å². The summed E-state index contributed by atoms with van der Waals surface area (Å²) in [7, 11) is 0. The summed E-state index contributed by atoms with van der Waals surface area (Å²) in [5.74, 6) is 0.425. The molecular formula is C21H36N2O2. The van der Waals surface area contributed by atoms with Gasteiger partial charge in [-0.3, -0.25) is 0 Å². The van der Waals surface area contributed by atoms with E-state index in [9.17, 15) is 4.79 Å². The molecule has 1 N–H and O–H groups in total. The Hall–Kier alpha value is -1.03. The van der Waals surface area contributed by atoms with E-state index in [1.54, 1.807) is 0 Å². The van der Waals surface area contributed by atoms with Gasteiger partial charge >= 0.3 is 6.03 Å². The predicted molar refractivity (Wildman–Crippen MR) is 102 cm³/mol. The molecule has 3 atom stereocenters. The van der Waals surface area contributed by atoms with Crippen molar-refractivity contribution in [3.63, 3.8) is 0 Å². The van der Waals surface area contributed by atoms with E-state index in [2.05, 4.69) is 43.1 Å². The number of piperidine rings is 1. The molecule has 0 unspecified atom stereocenters. The van der Waals surface area contributed by atoms with Gasteiger partial charge in [0, 0.05) is 32.2 Å². The second kappa shape index (κ2) is 7.69. The van der Waals surface area contributed by atoms with Gasteiger partial charge in [-0.25, -0.2) is 4.79 Å². The first-order valence-corrected chi connectivity index (χ1v) is 10.2. The number of urea groups is 1. The Morgan fingerprint density at radius 2 is 2.12 bits per heavy atom. The minimum absolute atomic E-state index is 0.124. The Morgan fingerprint density at radius 3 is 2.84 bits per heavy atom. The van der Waals surface area contributed by atoms with E-state index >= 15 is 0 Å². The van der Waals surface area contributed by atoms with E-state index in [-0.39, 0.29) is 17.6 Å². The Kier molecular flexibility index (Phi) is 5.77. The lowest BCUT2D eigenvalue weighted by molar-refractivity contribution is -0.0840. The summed E-state index contributed by atoms with van der Waals surface area (Å²) in [5.41, 5.74) is 0.464. The molecule has 25 heavy (non-hydrogen) atoms. The topological polar surface area (TPSA) is 41.6 Å². The van der Waals surface area contributed by atoms with Gasteiger partial charge < -0.3 is 15.0 Å². The molecule has 3 aliphatic rings. The maximum atomic E-state index is 12.8. The normalized spacial score (nSPS) is 33.5. The molecule has 0 saturated carbocycles. The summed E-state index contributed by atoms with van der Waals surface area (Å²) < 4.78 is 6.05. The minimum Gasteiger partial charge on any atom is -0.377 e. The van der Waals surface area contributed by atoms with Crippen molar-refractivity contribution in [2.24, 2.45) is 16.7 Å². The SMILES string of the molecule is CC(C)(C)[C@@H]1OCCC[C@H]1CNC(=O)N1CCC[C@]2(CC=CCC2)C1. The van der Waals surface area contributed by atoms with Crippen molar-refractivity contribution in [2.45, 2.75) is 71.8 Å². The maximum Gasteiger partial charge on any atom is 0.317 e. The summed E-state index contributed by atoms with van der Waals surface area (Å²) in [6.45, 7) is 10.1. The fourth-order valence-corrected chi connectivity index (χ4v) is 5.03. The van der Waals surface area contributed by atoms with Crippen LogP contribution >= 0.6 is 0 Å². The third-order valence-corrected chi connectivity index (χ3v) is 6.32. The predicted octanol–water partition coefficient (Wildman–Crippen LogP) is 4.36. The van der Waals surface area contributed by atoms with Crippen molar-refractivity contribution < 1.29 is 9.53 Å². The number of hydrogen-bond acceptors (Lipinski definition) is 2. The summed E-state index contributed by atoms with van der Waals surface area (Å²) >= 11 is 0. The van der Waals surface area contributed by atoms with Gasteiger partial charge in [0.25, 0.3) is 0 Å². The van der Waals surface area contributed by atoms with Crippen LogP contribution in [-0.2, 0) is 4.74 Å². The van der Waals surface area contributed by atoms with Crippen LogP contribution in [0, 0.1) is 16.7 Å². The first kappa shape index (κ1) is 18.8. The smallest absolute Gasteiger partial charge is 0.317 e. The van der Waals surface area contributed by atoms with Crippen LogP contribution in [0.1, 0.15) is 65.7 Å². The number of carbonyl (C=O) groups is 1. The molecule has 2 heterocycles. The van der Waals surface area contributed by atoms with E-state index in [0.717, 1.165) is 51.9 Å². The summed E-state index contributed by atoms with van der Waals surface area (Å²) in [4.78, 5) is 14.8. The van der Waals surface area contributed by atoms with E-state index < -0.39 is 0 Å². The van der Waals surface area contributed by atoms with E-state index in [1.807, 2.05) is 0 Å². The molecule has 3 rings (SSSR count). The number of amides is 2. The molecule has 1 spiro atoms. The third-order valence-electron chi connectivity index (χ3n) is 6.32. The van der Waals surface area contributed by atoms with Crippen LogP contribution < -0.4 is 5.32 Å². The Balaban J connectivity index is 1.54. The molecule has 0 bridgehead atoms. The van der Waals surface area contributed by atoms with Crippen LogP contribution in [0.15, 0.2) is 12.2 Å². The Bertz CT molecular complexity index is 497. The number of rotatable bonds is 2. The highest BCUT2D eigenvalue weighted by Gasteiger charge is 2.38. The molecule has 4 nitrogen and oxygen atoms in total. The van der Waals surface area contributed by atoms with Crippen molar-refractivity contribution in [1.29, 1.82) is 0 Å². The fraction of sp³-hybridized carbons (Fsp3) is 0.857.